The molecule has 34 heavy (non-hydrogen) atoms. The lowest BCUT2D eigenvalue weighted by Crippen LogP contribution is -2.16. The standard InChI is InChI=1S/C24H17F3IN5O/c1-14-9-21(33-22-19(28)12-29-13-31-22)18(11-17(14)20-7-2-3-8-30-20)23(34)32-16-6-4-5-15(10-16)24(25,26)27/h2-13H,1H3,(H,32,34)(H,29,31,33). The van der Waals surface area contributed by atoms with Gasteiger partial charge in [-0.2, -0.15) is 13.2 Å². The van der Waals surface area contributed by atoms with Crippen LogP contribution in [-0.2, 0) is 6.18 Å². The van der Waals surface area contributed by atoms with Crippen LogP contribution >= 0.6 is 22.6 Å². The van der Waals surface area contributed by atoms with Crippen molar-refractivity contribution < 1.29 is 18.0 Å². The number of aromatic nitrogens is 3. The van der Waals surface area contributed by atoms with Gasteiger partial charge in [0.25, 0.3) is 5.91 Å². The van der Waals surface area contributed by atoms with Gasteiger partial charge in [0.2, 0.25) is 0 Å². The second-order valence-electron chi connectivity index (χ2n) is 7.30. The summed E-state index contributed by atoms with van der Waals surface area (Å²) < 4.78 is 40.1. The van der Waals surface area contributed by atoms with Crippen LogP contribution in [0.15, 0.2) is 73.3 Å². The minimum absolute atomic E-state index is 0.0300. The lowest BCUT2D eigenvalue weighted by atomic mass is 9.99. The van der Waals surface area contributed by atoms with E-state index in [0.717, 1.165) is 26.8 Å². The summed E-state index contributed by atoms with van der Waals surface area (Å²) in [6, 6.07) is 13.4. The van der Waals surface area contributed by atoms with E-state index in [0.29, 0.717) is 17.2 Å². The van der Waals surface area contributed by atoms with Crippen molar-refractivity contribution in [2.24, 2.45) is 0 Å². The molecule has 0 aliphatic carbocycles. The molecule has 0 aliphatic heterocycles. The largest absolute Gasteiger partial charge is 0.416 e. The molecule has 2 heterocycles. The van der Waals surface area contributed by atoms with Crippen LogP contribution < -0.4 is 10.6 Å². The third-order valence-electron chi connectivity index (χ3n) is 4.92. The lowest BCUT2D eigenvalue weighted by molar-refractivity contribution is -0.137. The molecule has 0 aliphatic rings. The average Bonchev–Trinajstić information content (AvgIpc) is 2.81. The second kappa shape index (κ2) is 9.75. The number of nitrogens with one attached hydrogen (secondary N) is 2. The molecular weight excluding hydrogens is 558 g/mol. The quantitative estimate of drug-likeness (QED) is 0.267. The van der Waals surface area contributed by atoms with Gasteiger partial charge in [-0.05, 0) is 77.5 Å². The molecule has 4 rings (SSSR count). The SMILES string of the molecule is Cc1cc(Nc2ncncc2I)c(C(=O)Nc2cccc(C(F)(F)F)c2)cc1-c1ccccn1. The number of carbonyl (C=O) groups excluding carboxylic acids is 1. The van der Waals surface area contributed by atoms with E-state index in [1.807, 2.05) is 19.1 Å². The smallest absolute Gasteiger partial charge is 0.339 e. The van der Waals surface area contributed by atoms with Crippen LogP contribution in [0.3, 0.4) is 0 Å². The highest BCUT2D eigenvalue weighted by Crippen LogP contribution is 2.33. The molecule has 2 aromatic heterocycles. The summed E-state index contributed by atoms with van der Waals surface area (Å²) in [4.78, 5) is 25.8. The Labute approximate surface area is 206 Å². The number of amides is 1. The van der Waals surface area contributed by atoms with E-state index in [1.165, 1.54) is 18.5 Å². The maximum atomic E-state index is 13.3. The van der Waals surface area contributed by atoms with Crippen LogP contribution in [0.25, 0.3) is 11.3 Å². The molecule has 0 bridgehead atoms. The fourth-order valence-electron chi connectivity index (χ4n) is 3.30. The monoisotopic (exact) mass is 575 g/mol. The number of benzene rings is 2. The summed E-state index contributed by atoms with van der Waals surface area (Å²) in [5, 5.41) is 5.72. The normalized spacial score (nSPS) is 11.2. The molecule has 0 spiro atoms. The lowest BCUT2D eigenvalue weighted by Gasteiger charge is -2.17. The van der Waals surface area contributed by atoms with Gasteiger partial charge in [-0.3, -0.25) is 9.78 Å². The number of hydrogen-bond donors (Lipinski definition) is 2. The first-order chi connectivity index (χ1) is 16.2. The fourth-order valence-corrected chi connectivity index (χ4v) is 3.74. The maximum absolute atomic E-state index is 13.3. The molecule has 0 saturated carbocycles. The van der Waals surface area contributed by atoms with Gasteiger partial charge in [-0.1, -0.05) is 12.1 Å². The first-order valence-corrected chi connectivity index (χ1v) is 11.1. The molecule has 0 atom stereocenters. The summed E-state index contributed by atoms with van der Waals surface area (Å²) >= 11 is 2.07. The summed E-state index contributed by atoms with van der Waals surface area (Å²) in [6.07, 6.45) is 0.120. The van der Waals surface area contributed by atoms with Gasteiger partial charge in [0.1, 0.15) is 12.1 Å². The Kier molecular flexibility index (Phi) is 6.77. The third-order valence-corrected chi connectivity index (χ3v) is 5.71. The van der Waals surface area contributed by atoms with Crippen LogP contribution in [0.1, 0.15) is 21.5 Å². The third kappa shape index (κ3) is 5.33. The summed E-state index contributed by atoms with van der Waals surface area (Å²) in [6.45, 7) is 1.88. The molecule has 6 nitrogen and oxygen atoms in total. The zero-order valence-corrected chi connectivity index (χ0v) is 19.8. The Hall–Kier alpha value is -3.54. The number of anilines is 3. The van der Waals surface area contributed by atoms with E-state index in [4.69, 9.17) is 0 Å². The van der Waals surface area contributed by atoms with Crippen molar-refractivity contribution in [3.63, 3.8) is 0 Å². The van der Waals surface area contributed by atoms with E-state index < -0.39 is 17.6 Å². The number of carbonyl (C=O) groups is 1. The summed E-state index contributed by atoms with van der Waals surface area (Å²) in [5.74, 6) is -0.0863. The highest BCUT2D eigenvalue weighted by molar-refractivity contribution is 14.1. The zero-order chi connectivity index (χ0) is 24.3. The van der Waals surface area contributed by atoms with Crippen molar-refractivity contribution in [3.05, 3.63) is 93.6 Å². The summed E-state index contributed by atoms with van der Waals surface area (Å²) in [5.41, 5.74) is 2.07. The van der Waals surface area contributed by atoms with Crippen molar-refractivity contribution in [3.8, 4) is 11.3 Å². The predicted molar refractivity (Wildman–Crippen MR) is 132 cm³/mol. The molecule has 0 unspecified atom stereocenters. The number of pyridine rings is 1. The number of alkyl halides is 3. The van der Waals surface area contributed by atoms with Gasteiger partial charge in [0.05, 0.1) is 26.1 Å². The highest BCUT2D eigenvalue weighted by atomic mass is 127. The van der Waals surface area contributed by atoms with Crippen LogP contribution in [0.2, 0.25) is 0 Å². The highest BCUT2D eigenvalue weighted by Gasteiger charge is 2.30. The zero-order valence-electron chi connectivity index (χ0n) is 17.7. The van der Waals surface area contributed by atoms with Crippen LogP contribution in [0, 0.1) is 10.5 Å². The molecule has 4 aromatic rings. The van der Waals surface area contributed by atoms with Gasteiger partial charge >= 0.3 is 6.18 Å². The topological polar surface area (TPSA) is 79.8 Å². The van der Waals surface area contributed by atoms with Gasteiger partial charge in [-0.25, -0.2) is 9.97 Å². The minimum atomic E-state index is -4.52. The Morgan fingerprint density at radius 3 is 2.56 bits per heavy atom. The number of rotatable bonds is 5. The molecule has 2 aromatic carbocycles. The molecule has 172 valence electrons. The van der Waals surface area contributed by atoms with Crippen molar-refractivity contribution in [1.29, 1.82) is 0 Å². The van der Waals surface area contributed by atoms with Gasteiger partial charge in [0.15, 0.2) is 0 Å². The molecule has 10 heteroatoms. The second-order valence-corrected chi connectivity index (χ2v) is 8.47. The molecule has 1 amide bonds. The van der Waals surface area contributed by atoms with Gasteiger partial charge in [0, 0.05) is 23.6 Å². The van der Waals surface area contributed by atoms with E-state index >= 15 is 0 Å². The fraction of sp³-hybridized carbons (Fsp3) is 0.0833. The molecule has 0 fully saturated rings. The Balaban J connectivity index is 1.76. The van der Waals surface area contributed by atoms with E-state index in [1.54, 1.807) is 30.6 Å². The van der Waals surface area contributed by atoms with Crippen LogP contribution in [0.4, 0.5) is 30.4 Å². The van der Waals surface area contributed by atoms with E-state index in [2.05, 4.69) is 48.2 Å². The van der Waals surface area contributed by atoms with Crippen molar-refractivity contribution in [2.45, 2.75) is 13.1 Å². The minimum Gasteiger partial charge on any atom is -0.339 e. The maximum Gasteiger partial charge on any atom is 0.416 e. The molecule has 0 radical (unpaired) electrons. The Bertz CT molecular complexity index is 1350. The Morgan fingerprint density at radius 1 is 1.03 bits per heavy atom. The van der Waals surface area contributed by atoms with Crippen LogP contribution in [0.5, 0.6) is 0 Å². The number of halogens is 4. The molecular formula is C24H17F3IN5O. The van der Waals surface area contributed by atoms with Crippen LogP contribution in [-0.4, -0.2) is 20.9 Å². The molecule has 0 saturated heterocycles. The van der Waals surface area contributed by atoms with Crippen molar-refractivity contribution in [2.75, 3.05) is 10.6 Å². The number of nitrogens with zero attached hydrogens (tertiary/aromatic N) is 3. The number of aryl methyl sites for hydroxylation is 1. The predicted octanol–water partition coefficient (Wildman–Crippen LogP) is 6.47. The van der Waals surface area contributed by atoms with Gasteiger partial charge < -0.3 is 10.6 Å². The van der Waals surface area contributed by atoms with Crippen molar-refractivity contribution in [1.82, 2.24) is 15.0 Å². The van der Waals surface area contributed by atoms with E-state index in [9.17, 15) is 18.0 Å². The summed E-state index contributed by atoms with van der Waals surface area (Å²) in [7, 11) is 0. The van der Waals surface area contributed by atoms with E-state index in [-0.39, 0.29) is 11.3 Å². The first-order valence-electron chi connectivity index (χ1n) is 9.99. The van der Waals surface area contributed by atoms with Gasteiger partial charge in [-0.15, -0.1) is 0 Å². The Morgan fingerprint density at radius 2 is 1.85 bits per heavy atom. The molecule has 2 N–H and O–H groups in total. The number of hydrogen-bond acceptors (Lipinski definition) is 5. The average molecular weight is 575 g/mol. The van der Waals surface area contributed by atoms with Crippen molar-refractivity contribution >= 4 is 45.7 Å². The first kappa shape index (κ1) is 23.6.